The second kappa shape index (κ2) is 8.49. The molecule has 1 heterocycles. The molecule has 0 atom stereocenters. The van der Waals surface area contributed by atoms with Gasteiger partial charge in [0.1, 0.15) is 11.5 Å². The Balaban J connectivity index is 1.97. The Morgan fingerprint density at radius 2 is 1.84 bits per heavy atom. The number of anilines is 2. The summed E-state index contributed by atoms with van der Waals surface area (Å²) in [7, 11) is 1.56. The molecule has 0 spiro atoms. The van der Waals surface area contributed by atoms with Gasteiger partial charge in [0.05, 0.1) is 12.0 Å². The molecular weight excluding hydrogens is 364 g/mol. The third kappa shape index (κ3) is 5.47. The van der Waals surface area contributed by atoms with E-state index >= 15 is 0 Å². The number of amides is 2. The van der Waals surface area contributed by atoms with E-state index in [0.29, 0.717) is 15.8 Å². The van der Waals surface area contributed by atoms with Crippen molar-refractivity contribution < 1.29 is 19.4 Å². The van der Waals surface area contributed by atoms with Crippen LogP contribution >= 0.6 is 23.1 Å². The zero-order valence-electron chi connectivity index (χ0n) is 13.7. The number of rotatable bonds is 6. The Morgan fingerprint density at radius 3 is 2.40 bits per heavy atom. The number of ether oxygens (including phenoxy) is 1. The maximum absolute atomic E-state index is 12.0. The minimum atomic E-state index is -0.474. The Morgan fingerprint density at radius 1 is 1.16 bits per heavy atom. The molecule has 0 aliphatic rings. The van der Waals surface area contributed by atoms with Crippen LogP contribution in [0, 0.1) is 0 Å². The molecule has 2 amide bonds. The fourth-order valence-corrected chi connectivity index (χ4v) is 3.40. The van der Waals surface area contributed by atoms with Gasteiger partial charge in [0, 0.05) is 5.69 Å². The first-order valence-electron chi connectivity index (χ1n) is 7.03. The summed E-state index contributed by atoms with van der Waals surface area (Å²) in [4.78, 5) is 23.6. The predicted octanol–water partition coefficient (Wildman–Crippen LogP) is 3.66. The molecule has 25 heavy (non-hydrogen) atoms. The Kier molecular flexibility index (Phi) is 6.37. The minimum Gasteiger partial charge on any atom is -0.511 e. The lowest BCUT2D eigenvalue weighted by molar-refractivity contribution is -0.113. The number of nitrogens with one attached hydrogen (secondary N) is 2. The van der Waals surface area contributed by atoms with Crippen molar-refractivity contribution >= 4 is 45.7 Å². The van der Waals surface area contributed by atoms with Gasteiger partial charge in [0.2, 0.25) is 5.13 Å². The van der Waals surface area contributed by atoms with Crippen molar-refractivity contribution in [1.29, 1.82) is 0 Å². The molecule has 1 aromatic heterocycles. The molecule has 10 heteroatoms. The molecule has 0 aliphatic heterocycles. The number of aliphatic hydroxyl groups excluding tert-OH is 1. The highest BCUT2D eigenvalue weighted by Crippen LogP contribution is 2.32. The minimum absolute atomic E-state index is 0.0838. The van der Waals surface area contributed by atoms with E-state index in [2.05, 4.69) is 20.8 Å². The van der Waals surface area contributed by atoms with Crippen LogP contribution in [0.2, 0.25) is 0 Å². The Labute approximate surface area is 152 Å². The summed E-state index contributed by atoms with van der Waals surface area (Å²) < 4.78 is 5.47. The molecule has 2 rings (SSSR count). The van der Waals surface area contributed by atoms with Crippen LogP contribution in [-0.2, 0) is 4.79 Å². The summed E-state index contributed by atoms with van der Waals surface area (Å²) in [6.45, 7) is 2.77. The van der Waals surface area contributed by atoms with E-state index in [1.807, 2.05) is 0 Å². The van der Waals surface area contributed by atoms with Gasteiger partial charge in [0.15, 0.2) is 10.1 Å². The molecule has 0 aliphatic carbocycles. The summed E-state index contributed by atoms with van der Waals surface area (Å²) in [5.74, 6) is 0.330. The first-order chi connectivity index (χ1) is 11.9. The van der Waals surface area contributed by atoms with Crippen molar-refractivity contribution in [2.45, 2.75) is 18.2 Å². The van der Waals surface area contributed by atoms with Crippen molar-refractivity contribution in [3.63, 3.8) is 0 Å². The summed E-state index contributed by atoms with van der Waals surface area (Å²) in [6.07, 6.45) is 0. The van der Waals surface area contributed by atoms with Crippen LogP contribution < -0.4 is 15.4 Å². The normalized spacial score (nSPS) is 11.5. The SMILES string of the molecule is COc1ccc(NC(=O)Nc2nnc(S/C(C(C)=O)=C(/C)O)s2)cc1. The van der Waals surface area contributed by atoms with Gasteiger partial charge in [-0.05, 0) is 49.9 Å². The predicted molar refractivity (Wildman–Crippen MR) is 97.4 cm³/mol. The standard InChI is InChI=1S/C15H16N4O4S2/c1-8(20)12(9(2)21)24-15-19-18-14(25-15)17-13(22)16-10-4-6-11(23-3)7-5-10/h4-7,20H,1-3H3,(H2,16,17,18,22)/b12-8-. The number of carbonyl (C=O) groups excluding carboxylic acids is 2. The Bertz CT molecular complexity index is 798. The van der Waals surface area contributed by atoms with E-state index in [-0.39, 0.29) is 21.6 Å². The van der Waals surface area contributed by atoms with Crippen molar-refractivity contribution in [3.05, 3.63) is 34.9 Å². The maximum Gasteiger partial charge on any atom is 0.325 e. The van der Waals surface area contributed by atoms with Gasteiger partial charge >= 0.3 is 6.03 Å². The molecule has 0 saturated heterocycles. The molecule has 0 saturated carbocycles. The third-order valence-corrected chi connectivity index (χ3v) is 4.99. The van der Waals surface area contributed by atoms with Gasteiger partial charge in [-0.25, -0.2) is 4.79 Å². The van der Waals surface area contributed by atoms with Crippen molar-refractivity contribution in [1.82, 2.24) is 10.2 Å². The maximum atomic E-state index is 12.0. The number of aliphatic hydroxyl groups is 1. The van der Waals surface area contributed by atoms with Gasteiger partial charge in [-0.1, -0.05) is 11.3 Å². The second-order valence-corrected chi connectivity index (χ2v) is 6.99. The number of allylic oxidation sites excluding steroid dienone is 2. The van der Waals surface area contributed by atoms with E-state index < -0.39 is 6.03 Å². The monoisotopic (exact) mass is 380 g/mol. The van der Waals surface area contributed by atoms with Crippen LogP contribution in [0.1, 0.15) is 13.8 Å². The van der Waals surface area contributed by atoms with Crippen molar-refractivity contribution in [2.24, 2.45) is 0 Å². The molecule has 0 bridgehead atoms. The largest absolute Gasteiger partial charge is 0.511 e. The molecule has 0 unspecified atom stereocenters. The summed E-state index contributed by atoms with van der Waals surface area (Å²) in [5, 5.41) is 22.7. The highest BCUT2D eigenvalue weighted by Gasteiger charge is 2.15. The number of urea groups is 1. The molecule has 1 aromatic carbocycles. The van der Waals surface area contributed by atoms with Crippen molar-refractivity contribution in [3.8, 4) is 5.75 Å². The number of hydrogen-bond acceptors (Lipinski definition) is 8. The lowest BCUT2D eigenvalue weighted by Crippen LogP contribution is -2.19. The van der Waals surface area contributed by atoms with Crippen LogP contribution in [0.4, 0.5) is 15.6 Å². The van der Waals surface area contributed by atoms with Crippen LogP contribution in [0.25, 0.3) is 0 Å². The zero-order valence-corrected chi connectivity index (χ0v) is 15.3. The number of methoxy groups -OCH3 is 1. The van der Waals surface area contributed by atoms with Gasteiger partial charge in [-0.15, -0.1) is 10.2 Å². The lowest BCUT2D eigenvalue weighted by Gasteiger charge is -2.05. The smallest absolute Gasteiger partial charge is 0.325 e. The average molecular weight is 380 g/mol. The number of nitrogens with zero attached hydrogens (tertiary/aromatic N) is 2. The van der Waals surface area contributed by atoms with Gasteiger partial charge < -0.3 is 15.2 Å². The molecule has 0 fully saturated rings. The Hall–Kier alpha value is -2.59. The summed E-state index contributed by atoms with van der Waals surface area (Å²) >= 11 is 2.09. The summed E-state index contributed by atoms with van der Waals surface area (Å²) in [5.41, 5.74) is 0.593. The number of ketones is 1. The van der Waals surface area contributed by atoms with E-state index in [0.717, 1.165) is 23.1 Å². The van der Waals surface area contributed by atoms with Crippen LogP contribution in [0.3, 0.4) is 0 Å². The summed E-state index contributed by atoms with van der Waals surface area (Å²) in [6, 6.07) is 6.38. The fraction of sp³-hybridized carbons (Fsp3) is 0.200. The quantitative estimate of drug-likeness (QED) is 0.303. The number of thioether (sulfide) groups is 1. The van der Waals surface area contributed by atoms with Crippen molar-refractivity contribution in [2.75, 3.05) is 17.7 Å². The highest BCUT2D eigenvalue weighted by atomic mass is 32.2. The molecule has 132 valence electrons. The number of aromatic nitrogens is 2. The highest BCUT2D eigenvalue weighted by molar-refractivity contribution is 8.05. The first kappa shape index (κ1) is 18.7. The fourth-order valence-electron chi connectivity index (χ4n) is 1.72. The van der Waals surface area contributed by atoms with Gasteiger partial charge in [-0.2, -0.15) is 0 Å². The molecule has 8 nitrogen and oxygen atoms in total. The topological polar surface area (TPSA) is 113 Å². The van der Waals surface area contributed by atoms with Gasteiger partial charge in [0.25, 0.3) is 0 Å². The average Bonchev–Trinajstić information content (AvgIpc) is 2.99. The molecular formula is C15H16N4O4S2. The first-order valence-corrected chi connectivity index (χ1v) is 8.66. The van der Waals surface area contributed by atoms with E-state index in [1.54, 1.807) is 31.4 Å². The van der Waals surface area contributed by atoms with Gasteiger partial charge in [-0.3, -0.25) is 10.1 Å². The van der Waals surface area contributed by atoms with Crippen LogP contribution in [-0.4, -0.2) is 34.2 Å². The second-order valence-electron chi connectivity index (χ2n) is 4.75. The molecule has 2 aromatic rings. The van der Waals surface area contributed by atoms with E-state index in [1.165, 1.54) is 13.8 Å². The van der Waals surface area contributed by atoms with Crippen LogP contribution in [0.15, 0.2) is 39.3 Å². The number of hydrogen-bond donors (Lipinski definition) is 3. The number of Topliss-reactive ketones (excluding diaryl/α,β-unsaturated/α-hetero) is 1. The van der Waals surface area contributed by atoms with E-state index in [4.69, 9.17) is 4.74 Å². The lowest BCUT2D eigenvalue weighted by atomic mass is 10.3. The molecule has 3 N–H and O–H groups in total. The number of benzene rings is 1. The third-order valence-electron chi connectivity index (χ3n) is 2.81. The number of carbonyl (C=O) groups is 2. The zero-order chi connectivity index (χ0) is 18.4. The van der Waals surface area contributed by atoms with Crippen LogP contribution in [0.5, 0.6) is 5.75 Å². The molecule has 0 radical (unpaired) electrons. The van der Waals surface area contributed by atoms with E-state index in [9.17, 15) is 14.7 Å².